The van der Waals surface area contributed by atoms with Crippen LogP contribution in [0, 0.1) is 6.92 Å². The van der Waals surface area contributed by atoms with Gasteiger partial charge >= 0.3 is 0 Å². The molecule has 4 rings (SSSR count). The van der Waals surface area contributed by atoms with Crippen molar-refractivity contribution in [3.05, 3.63) is 90.0 Å². The SMILES string of the molecule is Cc1ccc(S(=O)(=O)Nc2ccccc2C(=O)Nc2nnc(-c3ccccc3)s2)cc1. The van der Waals surface area contributed by atoms with E-state index in [0.717, 1.165) is 11.1 Å². The smallest absolute Gasteiger partial charge is 0.261 e. The fraction of sp³-hybridized carbons (Fsp3) is 0.0455. The second-order valence-corrected chi connectivity index (χ2v) is 9.36. The van der Waals surface area contributed by atoms with E-state index >= 15 is 0 Å². The number of anilines is 2. The number of hydrogen-bond acceptors (Lipinski definition) is 6. The highest BCUT2D eigenvalue weighted by Crippen LogP contribution is 2.27. The van der Waals surface area contributed by atoms with Crippen LogP contribution in [0.15, 0.2) is 83.8 Å². The lowest BCUT2D eigenvalue weighted by Gasteiger charge is -2.12. The zero-order chi connectivity index (χ0) is 21.8. The maximum atomic E-state index is 12.8. The van der Waals surface area contributed by atoms with E-state index in [-0.39, 0.29) is 16.1 Å². The average Bonchev–Trinajstić information content (AvgIpc) is 3.23. The first-order valence-electron chi connectivity index (χ1n) is 9.31. The van der Waals surface area contributed by atoms with E-state index in [1.165, 1.54) is 29.5 Å². The number of sulfonamides is 1. The summed E-state index contributed by atoms with van der Waals surface area (Å²) in [5.74, 6) is -0.488. The quantitative estimate of drug-likeness (QED) is 0.448. The van der Waals surface area contributed by atoms with Crippen molar-refractivity contribution in [2.45, 2.75) is 11.8 Å². The molecule has 1 aromatic heterocycles. The number of aryl methyl sites for hydroxylation is 1. The van der Waals surface area contributed by atoms with Crippen molar-refractivity contribution in [1.82, 2.24) is 10.2 Å². The first-order valence-corrected chi connectivity index (χ1v) is 11.6. The summed E-state index contributed by atoms with van der Waals surface area (Å²) in [5, 5.41) is 11.8. The second-order valence-electron chi connectivity index (χ2n) is 6.70. The number of nitrogens with zero attached hydrogens (tertiary/aromatic N) is 2. The van der Waals surface area contributed by atoms with Gasteiger partial charge in [-0.15, -0.1) is 10.2 Å². The molecule has 3 aromatic carbocycles. The summed E-state index contributed by atoms with van der Waals surface area (Å²) in [6, 6.07) is 22.4. The predicted octanol–water partition coefficient (Wildman–Crippen LogP) is 4.57. The molecule has 31 heavy (non-hydrogen) atoms. The van der Waals surface area contributed by atoms with Crippen LogP contribution in [0.2, 0.25) is 0 Å². The van der Waals surface area contributed by atoms with Gasteiger partial charge in [-0.2, -0.15) is 0 Å². The fourth-order valence-electron chi connectivity index (χ4n) is 2.83. The van der Waals surface area contributed by atoms with Gasteiger partial charge in [0, 0.05) is 5.56 Å². The Kier molecular flexibility index (Phi) is 5.79. The summed E-state index contributed by atoms with van der Waals surface area (Å²) in [4.78, 5) is 13.0. The maximum absolute atomic E-state index is 12.8. The molecular formula is C22H18N4O3S2. The Balaban J connectivity index is 1.55. The topological polar surface area (TPSA) is 101 Å². The average molecular weight is 451 g/mol. The van der Waals surface area contributed by atoms with Crippen molar-refractivity contribution in [2.24, 2.45) is 0 Å². The molecule has 0 spiro atoms. The molecule has 0 atom stereocenters. The van der Waals surface area contributed by atoms with Crippen molar-refractivity contribution in [2.75, 3.05) is 10.0 Å². The lowest BCUT2D eigenvalue weighted by molar-refractivity contribution is 0.102. The summed E-state index contributed by atoms with van der Waals surface area (Å²) in [6.45, 7) is 1.88. The fourth-order valence-corrected chi connectivity index (χ4v) is 4.65. The van der Waals surface area contributed by atoms with Crippen LogP contribution in [0.5, 0.6) is 0 Å². The Morgan fingerprint density at radius 1 is 0.871 bits per heavy atom. The summed E-state index contributed by atoms with van der Waals surface area (Å²) >= 11 is 1.23. The summed E-state index contributed by atoms with van der Waals surface area (Å²) < 4.78 is 28.0. The van der Waals surface area contributed by atoms with E-state index in [4.69, 9.17) is 0 Å². The molecule has 0 aliphatic rings. The zero-order valence-corrected chi connectivity index (χ0v) is 18.1. The minimum Gasteiger partial charge on any atom is -0.296 e. The Morgan fingerprint density at radius 2 is 1.55 bits per heavy atom. The molecule has 7 nitrogen and oxygen atoms in total. The van der Waals surface area contributed by atoms with E-state index in [2.05, 4.69) is 20.2 Å². The lowest BCUT2D eigenvalue weighted by atomic mass is 10.2. The maximum Gasteiger partial charge on any atom is 0.261 e. The molecule has 0 bridgehead atoms. The Hall–Kier alpha value is -3.56. The summed E-state index contributed by atoms with van der Waals surface area (Å²) in [6.07, 6.45) is 0. The largest absolute Gasteiger partial charge is 0.296 e. The van der Waals surface area contributed by atoms with Gasteiger partial charge in [0.15, 0.2) is 0 Å². The number of para-hydroxylation sites is 1. The molecule has 0 saturated carbocycles. The molecule has 0 unspecified atom stereocenters. The van der Waals surface area contributed by atoms with Crippen molar-refractivity contribution in [3.63, 3.8) is 0 Å². The van der Waals surface area contributed by atoms with Crippen molar-refractivity contribution < 1.29 is 13.2 Å². The monoisotopic (exact) mass is 450 g/mol. The minimum absolute atomic E-state index is 0.116. The molecule has 1 heterocycles. The molecule has 1 amide bonds. The normalized spacial score (nSPS) is 11.1. The van der Waals surface area contributed by atoms with Gasteiger partial charge in [0.25, 0.3) is 15.9 Å². The highest BCUT2D eigenvalue weighted by atomic mass is 32.2. The zero-order valence-electron chi connectivity index (χ0n) is 16.4. The van der Waals surface area contributed by atoms with E-state index in [0.29, 0.717) is 10.1 Å². The van der Waals surface area contributed by atoms with Crippen LogP contribution < -0.4 is 10.0 Å². The molecule has 156 valence electrons. The minimum atomic E-state index is -3.85. The molecule has 0 aliphatic heterocycles. The van der Waals surface area contributed by atoms with Gasteiger partial charge in [-0.3, -0.25) is 14.8 Å². The van der Waals surface area contributed by atoms with Gasteiger partial charge in [0.1, 0.15) is 5.01 Å². The van der Waals surface area contributed by atoms with Crippen molar-refractivity contribution in [3.8, 4) is 10.6 Å². The van der Waals surface area contributed by atoms with Gasteiger partial charge in [-0.1, -0.05) is 71.5 Å². The molecular weight excluding hydrogens is 432 g/mol. The summed E-state index contributed by atoms with van der Waals surface area (Å²) in [5.41, 5.74) is 2.19. The number of amides is 1. The first-order chi connectivity index (χ1) is 14.9. The third-order valence-electron chi connectivity index (χ3n) is 4.41. The lowest BCUT2D eigenvalue weighted by Crippen LogP contribution is -2.18. The van der Waals surface area contributed by atoms with E-state index in [1.807, 2.05) is 37.3 Å². The predicted molar refractivity (Wildman–Crippen MR) is 122 cm³/mol. The van der Waals surface area contributed by atoms with Crippen LogP contribution in [-0.2, 0) is 10.0 Å². The van der Waals surface area contributed by atoms with Gasteiger partial charge in [-0.25, -0.2) is 8.42 Å². The molecule has 4 aromatic rings. The number of benzene rings is 3. The molecule has 0 saturated heterocycles. The molecule has 9 heteroatoms. The molecule has 0 fully saturated rings. The van der Waals surface area contributed by atoms with Crippen LogP contribution in [0.1, 0.15) is 15.9 Å². The van der Waals surface area contributed by atoms with Gasteiger partial charge in [-0.05, 0) is 31.2 Å². The first kappa shape index (κ1) is 20.7. The Labute approximate surface area is 183 Å². The standard InChI is InChI=1S/C22H18N4O3S2/c1-15-11-13-17(14-12-15)31(28,29)26-19-10-6-5-9-18(19)20(27)23-22-25-24-21(30-22)16-7-3-2-4-8-16/h2-14,26H,1H3,(H,23,25,27). The van der Waals surface area contributed by atoms with Gasteiger partial charge in [0.05, 0.1) is 16.1 Å². The van der Waals surface area contributed by atoms with Crippen molar-refractivity contribution in [1.29, 1.82) is 0 Å². The van der Waals surface area contributed by atoms with E-state index in [9.17, 15) is 13.2 Å². The summed E-state index contributed by atoms with van der Waals surface area (Å²) in [7, 11) is -3.85. The second kappa shape index (κ2) is 8.66. The Morgan fingerprint density at radius 3 is 2.29 bits per heavy atom. The number of aromatic nitrogens is 2. The van der Waals surface area contributed by atoms with E-state index < -0.39 is 15.9 Å². The molecule has 0 aliphatic carbocycles. The number of carbonyl (C=O) groups excluding carboxylic acids is 1. The number of carbonyl (C=O) groups is 1. The number of rotatable bonds is 6. The molecule has 0 radical (unpaired) electrons. The van der Waals surface area contributed by atoms with Crippen LogP contribution in [0.3, 0.4) is 0 Å². The number of hydrogen-bond donors (Lipinski definition) is 2. The van der Waals surface area contributed by atoms with Crippen molar-refractivity contribution >= 4 is 38.1 Å². The highest BCUT2D eigenvalue weighted by Gasteiger charge is 2.19. The molecule has 2 N–H and O–H groups in total. The van der Waals surface area contributed by atoms with E-state index in [1.54, 1.807) is 30.3 Å². The number of nitrogens with one attached hydrogen (secondary N) is 2. The third-order valence-corrected chi connectivity index (χ3v) is 6.68. The van der Waals surface area contributed by atoms with Gasteiger partial charge < -0.3 is 0 Å². The third kappa shape index (κ3) is 4.79. The Bertz CT molecular complexity index is 1320. The van der Waals surface area contributed by atoms with Crippen LogP contribution in [-0.4, -0.2) is 24.5 Å². The van der Waals surface area contributed by atoms with Crippen LogP contribution in [0.4, 0.5) is 10.8 Å². The van der Waals surface area contributed by atoms with Gasteiger partial charge in [0.2, 0.25) is 5.13 Å². The highest BCUT2D eigenvalue weighted by molar-refractivity contribution is 7.92. The van der Waals surface area contributed by atoms with Crippen LogP contribution in [0.25, 0.3) is 10.6 Å². The van der Waals surface area contributed by atoms with Crippen LogP contribution >= 0.6 is 11.3 Å².